The van der Waals surface area contributed by atoms with Crippen LogP contribution in [0.1, 0.15) is 10.9 Å². The van der Waals surface area contributed by atoms with Gasteiger partial charge in [0.1, 0.15) is 0 Å². The highest BCUT2D eigenvalue weighted by Crippen LogP contribution is 2.34. The third kappa shape index (κ3) is 2.29. The molecule has 3 N–H and O–H groups in total. The van der Waals surface area contributed by atoms with Gasteiger partial charge in [-0.15, -0.1) is 11.3 Å². The van der Waals surface area contributed by atoms with Gasteiger partial charge in [-0.3, -0.25) is 0 Å². The van der Waals surface area contributed by atoms with E-state index >= 15 is 0 Å². The molecule has 1 unspecified atom stereocenters. The van der Waals surface area contributed by atoms with Crippen molar-refractivity contribution in [1.82, 2.24) is 5.32 Å². The normalized spacial score (nSPS) is 13.3. The molecule has 1 aromatic heterocycles. The van der Waals surface area contributed by atoms with E-state index in [0.717, 1.165) is 8.26 Å². The summed E-state index contributed by atoms with van der Waals surface area (Å²) in [5, 5.41) is 3.15. The molecule has 0 aliphatic heterocycles. The standard InChI is InChI=1S/C7H10Br2N2S/c1-11-5(3-10)6-2-4(8)7(9)12-6/h2,5,11H,3,10H2,1H3. The summed E-state index contributed by atoms with van der Waals surface area (Å²) in [7, 11) is 1.92. The van der Waals surface area contributed by atoms with Crippen LogP contribution in [-0.4, -0.2) is 13.6 Å². The van der Waals surface area contributed by atoms with Gasteiger partial charge in [-0.2, -0.15) is 0 Å². The molecule has 0 saturated heterocycles. The Hall–Kier alpha value is 0.580. The van der Waals surface area contributed by atoms with Gasteiger partial charge in [0.15, 0.2) is 0 Å². The molecule has 12 heavy (non-hydrogen) atoms. The molecule has 1 aromatic rings. The van der Waals surface area contributed by atoms with Crippen LogP contribution in [0.2, 0.25) is 0 Å². The van der Waals surface area contributed by atoms with Crippen LogP contribution in [0.15, 0.2) is 14.3 Å². The minimum atomic E-state index is 0.262. The summed E-state index contributed by atoms with van der Waals surface area (Å²) in [6.45, 7) is 0.621. The molecule has 0 spiro atoms. The van der Waals surface area contributed by atoms with E-state index in [2.05, 4.69) is 43.2 Å². The fraction of sp³-hybridized carbons (Fsp3) is 0.429. The second-order valence-corrected chi connectivity index (χ2v) is 5.60. The lowest BCUT2D eigenvalue weighted by Gasteiger charge is -2.10. The Balaban J connectivity index is 2.86. The SMILES string of the molecule is CNC(CN)c1cc(Br)c(Br)s1. The molecule has 1 heterocycles. The Kier molecular flexibility index (Phi) is 4.19. The lowest BCUT2D eigenvalue weighted by Crippen LogP contribution is -2.23. The lowest BCUT2D eigenvalue weighted by atomic mass is 10.2. The fourth-order valence-corrected chi connectivity index (χ4v) is 3.12. The number of nitrogens with two attached hydrogens (primary N) is 1. The van der Waals surface area contributed by atoms with E-state index in [1.54, 1.807) is 11.3 Å². The molecule has 2 nitrogen and oxygen atoms in total. The van der Waals surface area contributed by atoms with Crippen LogP contribution < -0.4 is 11.1 Å². The molecular weight excluding hydrogens is 304 g/mol. The molecular formula is C7H10Br2N2S. The van der Waals surface area contributed by atoms with Gasteiger partial charge in [-0.05, 0) is 45.0 Å². The average Bonchev–Trinajstić information content (AvgIpc) is 2.35. The number of thiophene rings is 1. The summed E-state index contributed by atoms with van der Waals surface area (Å²) >= 11 is 8.58. The minimum Gasteiger partial charge on any atom is -0.329 e. The van der Waals surface area contributed by atoms with Crippen LogP contribution in [-0.2, 0) is 0 Å². The first-order chi connectivity index (χ1) is 5.69. The van der Waals surface area contributed by atoms with Gasteiger partial charge in [0.05, 0.1) is 9.83 Å². The zero-order valence-corrected chi connectivity index (χ0v) is 10.6. The number of hydrogen-bond acceptors (Lipinski definition) is 3. The molecule has 0 bridgehead atoms. The molecule has 0 aromatic carbocycles. The molecule has 1 rings (SSSR count). The second-order valence-electron chi connectivity index (χ2n) is 2.35. The van der Waals surface area contributed by atoms with Gasteiger partial charge < -0.3 is 11.1 Å². The van der Waals surface area contributed by atoms with E-state index in [9.17, 15) is 0 Å². The van der Waals surface area contributed by atoms with Gasteiger partial charge in [-0.1, -0.05) is 0 Å². The summed E-state index contributed by atoms with van der Waals surface area (Å²) < 4.78 is 2.21. The minimum absolute atomic E-state index is 0.262. The lowest BCUT2D eigenvalue weighted by molar-refractivity contribution is 0.615. The summed E-state index contributed by atoms with van der Waals surface area (Å²) in [5.41, 5.74) is 5.59. The monoisotopic (exact) mass is 312 g/mol. The Bertz CT molecular complexity index is 238. The van der Waals surface area contributed by atoms with E-state index < -0.39 is 0 Å². The van der Waals surface area contributed by atoms with Crippen molar-refractivity contribution in [2.45, 2.75) is 6.04 Å². The van der Waals surface area contributed by atoms with Gasteiger partial charge >= 0.3 is 0 Å². The topological polar surface area (TPSA) is 38.0 Å². The van der Waals surface area contributed by atoms with Crippen LogP contribution in [0.3, 0.4) is 0 Å². The second kappa shape index (κ2) is 4.72. The van der Waals surface area contributed by atoms with Crippen molar-refractivity contribution in [2.75, 3.05) is 13.6 Å². The molecule has 0 radical (unpaired) electrons. The Labute approximate surface area is 92.8 Å². The number of rotatable bonds is 3. The van der Waals surface area contributed by atoms with E-state index in [1.165, 1.54) is 4.88 Å². The van der Waals surface area contributed by atoms with Crippen LogP contribution >= 0.6 is 43.2 Å². The predicted molar refractivity (Wildman–Crippen MR) is 60.6 cm³/mol. The van der Waals surface area contributed by atoms with E-state index in [-0.39, 0.29) is 6.04 Å². The zero-order chi connectivity index (χ0) is 9.14. The van der Waals surface area contributed by atoms with Crippen LogP contribution in [0.4, 0.5) is 0 Å². The van der Waals surface area contributed by atoms with E-state index in [1.807, 2.05) is 7.05 Å². The molecule has 1 atom stereocenters. The third-order valence-electron chi connectivity index (χ3n) is 1.59. The zero-order valence-electron chi connectivity index (χ0n) is 6.60. The summed E-state index contributed by atoms with van der Waals surface area (Å²) in [4.78, 5) is 1.25. The van der Waals surface area contributed by atoms with Crippen LogP contribution in [0.25, 0.3) is 0 Å². The molecule has 0 aliphatic carbocycles. The van der Waals surface area contributed by atoms with Crippen molar-refractivity contribution in [3.63, 3.8) is 0 Å². The van der Waals surface area contributed by atoms with E-state index in [4.69, 9.17) is 5.73 Å². The number of hydrogen-bond donors (Lipinski definition) is 2. The molecule has 0 amide bonds. The third-order valence-corrected chi connectivity index (χ3v) is 4.96. The van der Waals surface area contributed by atoms with Crippen molar-refractivity contribution >= 4 is 43.2 Å². The maximum Gasteiger partial charge on any atom is 0.0843 e. The quantitative estimate of drug-likeness (QED) is 0.900. The maximum atomic E-state index is 5.59. The Morgan fingerprint density at radius 1 is 1.67 bits per heavy atom. The summed E-state index contributed by atoms with van der Waals surface area (Å²) in [5.74, 6) is 0. The Morgan fingerprint density at radius 3 is 2.67 bits per heavy atom. The first kappa shape index (κ1) is 10.7. The highest BCUT2D eigenvalue weighted by Gasteiger charge is 2.11. The molecule has 0 fully saturated rings. The van der Waals surface area contributed by atoms with Crippen molar-refractivity contribution in [2.24, 2.45) is 5.73 Å². The predicted octanol–water partition coefficient (Wildman–Crippen LogP) is 2.49. The van der Waals surface area contributed by atoms with Crippen molar-refractivity contribution in [1.29, 1.82) is 0 Å². The van der Waals surface area contributed by atoms with Gasteiger partial charge in [0.25, 0.3) is 0 Å². The first-order valence-corrected chi connectivity index (χ1v) is 5.91. The van der Waals surface area contributed by atoms with E-state index in [0.29, 0.717) is 6.54 Å². The van der Waals surface area contributed by atoms with Gasteiger partial charge in [0, 0.05) is 15.9 Å². The van der Waals surface area contributed by atoms with Crippen molar-refractivity contribution in [3.05, 3.63) is 19.2 Å². The summed E-state index contributed by atoms with van der Waals surface area (Å²) in [6.07, 6.45) is 0. The van der Waals surface area contributed by atoms with Crippen molar-refractivity contribution < 1.29 is 0 Å². The number of halogens is 2. The highest BCUT2D eigenvalue weighted by atomic mass is 79.9. The molecule has 5 heteroatoms. The largest absolute Gasteiger partial charge is 0.329 e. The fourth-order valence-electron chi connectivity index (χ4n) is 0.911. The molecule has 68 valence electrons. The first-order valence-electron chi connectivity index (χ1n) is 3.51. The maximum absolute atomic E-state index is 5.59. The molecule has 0 aliphatic rings. The summed E-state index contributed by atoms with van der Waals surface area (Å²) in [6, 6.07) is 2.35. The highest BCUT2D eigenvalue weighted by molar-refractivity contribution is 9.13. The average molecular weight is 314 g/mol. The number of likely N-dealkylation sites (N-methyl/N-ethyl adjacent to an activating group) is 1. The van der Waals surface area contributed by atoms with Crippen LogP contribution in [0.5, 0.6) is 0 Å². The molecule has 0 saturated carbocycles. The van der Waals surface area contributed by atoms with Gasteiger partial charge in [0.2, 0.25) is 0 Å². The van der Waals surface area contributed by atoms with Gasteiger partial charge in [-0.25, -0.2) is 0 Å². The van der Waals surface area contributed by atoms with Crippen molar-refractivity contribution in [3.8, 4) is 0 Å². The Morgan fingerprint density at radius 2 is 2.33 bits per heavy atom. The van der Waals surface area contributed by atoms with Crippen LogP contribution in [0, 0.1) is 0 Å². The number of nitrogens with one attached hydrogen (secondary N) is 1. The smallest absolute Gasteiger partial charge is 0.0843 e.